The summed E-state index contributed by atoms with van der Waals surface area (Å²) in [5, 5.41) is 1.73. The summed E-state index contributed by atoms with van der Waals surface area (Å²) in [6, 6.07) is -0.948. The van der Waals surface area contributed by atoms with Crippen molar-refractivity contribution in [2.45, 2.75) is 52.4 Å². The predicted molar refractivity (Wildman–Crippen MR) is 58.7 cm³/mol. The van der Waals surface area contributed by atoms with Crippen molar-refractivity contribution in [1.29, 1.82) is 0 Å². The first-order valence-electron chi connectivity index (χ1n) is 5.67. The summed E-state index contributed by atoms with van der Waals surface area (Å²) in [5.41, 5.74) is 0. The average molecular weight is 269 g/mol. The van der Waals surface area contributed by atoms with Crippen LogP contribution in [0.5, 0.6) is 0 Å². The van der Waals surface area contributed by atoms with E-state index in [2.05, 4.69) is 0 Å². The zero-order chi connectivity index (χ0) is 14.5. The average Bonchev–Trinajstić information content (AvgIpc) is 2.26. The third-order valence-corrected chi connectivity index (χ3v) is 2.63. The highest BCUT2D eigenvalue weighted by Gasteiger charge is 2.40. The Morgan fingerprint density at radius 1 is 1.22 bits per heavy atom. The molecule has 0 radical (unpaired) electrons. The molecule has 1 N–H and O–H groups in total. The summed E-state index contributed by atoms with van der Waals surface area (Å²) < 4.78 is 41.0. The molecule has 7 heteroatoms. The summed E-state index contributed by atoms with van der Waals surface area (Å²) >= 11 is 0. The summed E-state index contributed by atoms with van der Waals surface area (Å²) in [7, 11) is 0. The molecule has 0 saturated heterocycles. The van der Waals surface area contributed by atoms with E-state index in [4.69, 9.17) is 4.74 Å². The number of halogens is 3. The van der Waals surface area contributed by atoms with Crippen LogP contribution in [0.1, 0.15) is 34.1 Å². The molecule has 0 aromatic heterocycles. The van der Waals surface area contributed by atoms with Gasteiger partial charge in [-0.1, -0.05) is 6.92 Å². The second-order valence-corrected chi connectivity index (χ2v) is 4.20. The van der Waals surface area contributed by atoms with Crippen LogP contribution in [0.3, 0.4) is 0 Å². The lowest BCUT2D eigenvalue weighted by molar-refractivity contribution is -0.175. The second kappa shape index (κ2) is 6.61. The van der Waals surface area contributed by atoms with E-state index in [1.165, 1.54) is 13.8 Å². The molecule has 0 aromatic rings. The number of ether oxygens (including phenoxy) is 1. The molecular formula is C11H18F3NO3. The molecule has 1 amide bonds. The third kappa shape index (κ3) is 5.37. The van der Waals surface area contributed by atoms with Crippen molar-refractivity contribution in [3.05, 3.63) is 0 Å². The van der Waals surface area contributed by atoms with Gasteiger partial charge in [0.05, 0.1) is 12.0 Å². The van der Waals surface area contributed by atoms with Gasteiger partial charge < -0.3 is 10.1 Å². The van der Waals surface area contributed by atoms with Crippen molar-refractivity contribution in [3.8, 4) is 0 Å². The Morgan fingerprint density at radius 2 is 1.72 bits per heavy atom. The molecule has 0 aliphatic rings. The van der Waals surface area contributed by atoms with Crippen LogP contribution in [0.2, 0.25) is 0 Å². The minimum absolute atomic E-state index is 0.300. The zero-order valence-corrected chi connectivity index (χ0v) is 10.8. The molecule has 0 spiro atoms. The Kier molecular flexibility index (Phi) is 6.14. The molecule has 3 atom stereocenters. The lowest BCUT2D eigenvalue weighted by atomic mass is 10.0. The van der Waals surface area contributed by atoms with Crippen LogP contribution < -0.4 is 5.32 Å². The molecule has 0 rings (SSSR count). The van der Waals surface area contributed by atoms with E-state index in [0.717, 1.165) is 0 Å². The number of alkyl halides is 3. The molecule has 18 heavy (non-hydrogen) atoms. The third-order valence-electron chi connectivity index (χ3n) is 2.63. The second-order valence-electron chi connectivity index (χ2n) is 4.20. The largest absolute Gasteiger partial charge is 0.471 e. The van der Waals surface area contributed by atoms with Crippen molar-refractivity contribution >= 4 is 11.9 Å². The van der Waals surface area contributed by atoms with E-state index in [1.807, 2.05) is 6.92 Å². The van der Waals surface area contributed by atoms with Gasteiger partial charge in [-0.2, -0.15) is 13.2 Å². The predicted octanol–water partition coefficient (Wildman–Crippen LogP) is 2.03. The first-order valence-corrected chi connectivity index (χ1v) is 5.67. The SMILES string of the molecule is CCC(C)OC(=O)C(C)C(C)NC(=O)C(F)(F)F. The quantitative estimate of drug-likeness (QED) is 0.777. The maximum Gasteiger partial charge on any atom is 0.471 e. The Hall–Kier alpha value is -1.27. The Balaban J connectivity index is 4.38. The molecule has 0 heterocycles. The highest BCUT2D eigenvalue weighted by molar-refractivity contribution is 5.83. The van der Waals surface area contributed by atoms with Crippen molar-refractivity contribution in [2.75, 3.05) is 0 Å². The molecule has 106 valence electrons. The van der Waals surface area contributed by atoms with E-state index >= 15 is 0 Å². The van der Waals surface area contributed by atoms with Crippen LogP contribution in [-0.2, 0) is 14.3 Å². The molecule has 0 fully saturated rings. The standard InChI is InChI=1S/C11H18F3NO3/c1-5-6(2)18-9(16)7(3)8(4)15-10(17)11(12,13)14/h6-8H,5H2,1-4H3,(H,15,17). The normalized spacial score (nSPS) is 16.6. The highest BCUT2D eigenvalue weighted by atomic mass is 19.4. The van der Waals surface area contributed by atoms with Gasteiger partial charge in [-0.05, 0) is 27.2 Å². The lowest BCUT2D eigenvalue weighted by Crippen LogP contribution is -2.46. The lowest BCUT2D eigenvalue weighted by Gasteiger charge is -2.22. The Labute approximate surface area is 104 Å². The van der Waals surface area contributed by atoms with Gasteiger partial charge in [0.2, 0.25) is 0 Å². The minimum Gasteiger partial charge on any atom is -0.462 e. The maximum absolute atomic E-state index is 12.0. The van der Waals surface area contributed by atoms with Crippen molar-refractivity contribution in [2.24, 2.45) is 5.92 Å². The molecule has 0 aliphatic heterocycles. The van der Waals surface area contributed by atoms with Crippen molar-refractivity contribution in [1.82, 2.24) is 5.32 Å². The van der Waals surface area contributed by atoms with E-state index in [0.29, 0.717) is 6.42 Å². The highest BCUT2D eigenvalue weighted by Crippen LogP contribution is 2.16. The van der Waals surface area contributed by atoms with Gasteiger partial charge in [-0.25, -0.2) is 0 Å². The molecule has 3 unspecified atom stereocenters. The van der Waals surface area contributed by atoms with Crippen LogP contribution in [0, 0.1) is 5.92 Å². The van der Waals surface area contributed by atoms with Crippen molar-refractivity contribution in [3.63, 3.8) is 0 Å². The molecular weight excluding hydrogens is 251 g/mol. The van der Waals surface area contributed by atoms with Gasteiger partial charge in [-0.3, -0.25) is 9.59 Å². The van der Waals surface area contributed by atoms with Gasteiger partial charge in [-0.15, -0.1) is 0 Å². The number of amides is 1. The molecule has 0 bridgehead atoms. The first-order chi connectivity index (χ1) is 8.09. The Morgan fingerprint density at radius 3 is 2.11 bits per heavy atom. The maximum atomic E-state index is 12.0. The fourth-order valence-corrected chi connectivity index (χ4v) is 1.01. The number of hydrogen-bond donors (Lipinski definition) is 1. The van der Waals surface area contributed by atoms with Crippen LogP contribution in [0.25, 0.3) is 0 Å². The minimum atomic E-state index is -4.95. The van der Waals surface area contributed by atoms with Gasteiger partial charge in [0.25, 0.3) is 0 Å². The van der Waals surface area contributed by atoms with Gasteiger partial charge >= 0.3 is 18.1 Å². The first kappa shape index (κ1) is 16.7. The van der Waals surface area contributed by atoms with Crippen LogP contribution in [-0.4, -0.2) is 30.2 Å². The molecule has 0 aromatic carbocycles. The topological polar surface area (TPSA) is 55.4 Å². The van der Waals surface area contributed by atoms with Gasteiger partial charge in [0.15, 0.2) is 0 Å². The van der Waals surface area contributed by atoms with E-state index in [1.54, 1.807) is 12.2 Å². The van der Waals surface area contributed by atoms with Crippen molar-refractivity contribution < 1.29 is 27.5 Å². The van der Waals surface area contributed by atoms with E-state index in [9.17, 15) is 22.8 Å². The number of esters is 1. The summed E-state index contributed by atoms with van der Waals surface area (Å²) in [6.07, 6.45) is -4.64. The van der Waals surface area contributed by atoms with Crippen LogP contribution in [0.15, 0.2) is 0 Å². The van der Waals surface area contributed by atoms with Crippen LogP contribution in [0.4, 0.5) is 13.2 Å². The molecule has 4 nitrogen and oxygen atoms in total. The summed E-state index contributed by atoms with van der Waals surface area (Å²) in [4.78, 5) is 22.2. The zero-order valence-electron chi connectivity index (χ0n) is 10.8. The Bertz CT molecular complexity index is 304. The van der Waals surface area contributed by atoms with Gasteiger partial charge in [0, 0.05) is 6.04 Å². The van der Waals surface area contributed by atoms with Crippen LogP contribution >= 0.6 is 0 Å². The van der Waals surface area contributed by atoms with Gasteiger partial charge in [0.1, 0.15) is 0 Å². The molecule has 0 aliphatic carbocycles. The number of rotatable bonds is 5. The fourth-order valence-electron chi connectivity index (χ4n) is 1.01. The smallest absolute Gasteiger partial charge is 0.462 e. The van der Waals surface area contributed by atoms with E-state index in [-0.39, 0.29) is 6.10 Å². The monoisotopic (exact) mass is 269 g/mol. The number of hydrogen-bond acceptors (Lipinski definition) is 3. The molecule has 0 saturated carbocycles. The number of carbonyl (C=O) groups excluding carboxylic acids is 2. The summed E-state index contributed by atoms with van der Waals surface area (Å²) in [5.74, 6) is -3.53. The number of nitrogens with one attached hydrogen (secondary N) is 1. The van der Waals surface area contributed by atoms with E-state index < -0.39 is 30.0 Å². The summed E-state index contributed by atoms with van der Waals surface area (Å²) in [6.45, 7) is 6.24. The fraction of sp³-hybridized carbons (Fsp3) is 0.818. The number of carbonyl (C=O) groups is 2.